The molecule has 0 saturated carbocycles. The summed E-state index contributed by atoms with van der Waals surface area (Å²) < 4.78 is 0. The van der Waals surface area contributed by atoms with E-state index >= 15 is 0 Å². The van der Waals surface area contributed by atoms with Gasteiger partial charge in [-0.25, -0.2) is 0 Å². The number of unbranched alkanes of at least 4 members (excludes halogenated alkanes) is 1. The summed E-state index contributed by atoms with van der Waals surface area (Å²) in [6.07, 6.45) is 4.08. The lowest BCUT2D eigenvalue weighted by Crippen LogP contribution is -2.30. The molecule has 0 aromatic carbocycles. The van der Waals surface area contributed by atoms with Gasteiger partial charge in [-0.05, 0) is 19.4 Å². The molecule has 0 bridgehead atoms. The fourth-order valence-corrected chi connectivity index (χ4v) is 0.823. The molecule has 0 aromatic rings. The van der Waals surface area contributed by atoms with Crippen LogP contribution in [0.25, 0.3) is 0 Å². The molecule has 3 nitrogen and oxygen atoms in total. The van der Waals surface area contributed by atoms with Crippen LogP contribution >= 0.6 is 0 Å². The second kappa shape index (κ2) is 8.27. The Morgan fingerprint density at radius 1 is 1.42 bits per heavy atom. The minimum Gasteiger partial charge on any atom is -0.355 e. The smallest absolute Gasteiger partial charge is 0.216 e. The van der Waals surface area contributed by atoms with Gasteiger partial charge in [-0.15, -0.1) is 6.58 Å². The molecule has 0 fully saturated rings. The maximum atomic E-state index is 10.4. The first-order valence-corrected chi connectivity index (χ1v) is 4.33. The first-order chi connectivity index (χ1) is 5.77. The number of hydrogen-bond acceptors (Lipinski definition) is 2. The number of carbonyl (C=O) groups excluding carboxylic acids is 1. The average molecular weight is 170 g/mol. The van der Waals surface area contributed by atoms with Crippen molar-refractivity contribution >= 4 is 5.91 Å². The van der Waals surface area contributed by atoms with Crippen LogP contribution in [0.1, 0.15) is 19.8 Å². The van der Waals surface area contributed by atoms with Gasteiger partial charge in [0.05, 0.1) is 0 Å². The highest BCUT2D eigenvalue weighted by Crippen LogP contribution is 1.84. The van der Waals surface area contributed by atoms with E-state index in [0.717, 1.165) is 25.9 Å². The average Bonchev–Trinajstić information content (AvgIpc) is 2.02. The van der Waals surface area contributed by atoms with Gasteiger partial charge in [-0.3, -0.25) is 4.79 Å². The lowest BCUT2D eigenvalue weighted by atomic mass is 10.3. The van der Waals surface area contributed by atoms with E-state index in [1.807, 2.05) is 6.08 Å². The molecular weight excluding hydrogens is 152 g/mol. The van der Waals surface area contributed by atoms with Crippen molar-refractivity contribution in [2.75, 3.05) is 19.6 Å². The molecule has 0 aliphatic heterocycles. The van der Waals surface area contributed by atoms with Gasteiger partial charge in [0.1, 0.15) is 0 Å². The highest BCUT2D eigenvalue weighted by Gasteiger charge is 1.89. The number of allylic oxidation sites excluding steroid dienone is 1. The predicted octanol–water partition coefficient (Wildman–Crippen LogP) is 0.678. The van der Waals surface area contributed by atoms with Gasteiger partial charge in [-0.2, -0.15) is 0 Å². The SMILES string of the molecule is C=CCCCNCCNC(C)=O. The molecule has 0 atom stereocenters. The van der Waals surface area contributed by atoms with Crippen LogP contribution in [0.5, 0.6) is 0 Å². The van der Waals surface area contributed by atoms with Crippen LogP contribution in [0, 0.1) is 0 Å². The van der Waals surface area contributed by atoms with Gasteiger partial charge in [0.15, 0.2) is 0 Å². The Hall–Kier alpha value is -0.830. The van der Waals surface area contributed by atoms with Crippen molar-refractivity contribution in [2.24, 2.45) is 0 Å². The van der Waals surface area contributed by atoms with E-state index in [0.29, 0.717) is 6.54 Å². The van der Waals surface area contributed by atoms with Gasteiger partial charge < -0.3 is 10.6 Å². The molecule has 0 rings (SSSR count). The molecule has 0 spiro atoms. The number of carbonyl (C=O) groups is 1. The summed E-state index contributed by atoms with van der Waals surface area (Å²) in [7, 11) is 0. The standard InChI is InChI=1S/C9H18N2O/c1-3-4-5-6-10-7-8-11-9(2)12/h3,10H,1,4-8H2,2H3,(H,11,12). The maximum absolute atomic E-state index is 10.4. The molecule has 12 heavy (non-hydrogen) atoms. The molecule has 1 amide bonds. The van der Waals surface area contributed by atoms with E-state index in [1.54, 1.807) is 0 Å². The van der Waals surface area contributed by atoms with Crippen LogP contribution < -0.4 is 10.6 Å². The summed E-state index contributed by atoms with van der Waals surface area (Å²) in [5.74, 6) is 0.0305. The van der Waals surface area contributed by atoms with E-state index in [9.17, 15) is 4.79 Å². The third-order valence-electron chi connectivity index (χ3n) is 1.44. The Labute approximate surface area is 74.2 Å². The van der Waals surface area contributed by atoms with Crippen molar-refractivity contribution in [3.8, 4) is 0 Å². The van der Waals surface area contributed by atoms with E-state index in [2.05, 4.69) is 17.2 Å². The van der Waals surface area contributed by atoms with Gasteiger partial charge in [-0.1, -0.05) is 6.08 Å². The molecule has 2 N–H and O–H groups in total. The van der Waals surface area contributed by atoms with Gasteiger partial charge in [0.25, 0.3) is 0 Å². The Morgan fingerprint density at radius 3 is 2.75 bits per heavy atom. The Balaban J connectivity index is 2.90. The summed E-state index contributed by atoms with van der Waals surface area (Å²) in [6.45, 7) is 7.71. The van der Waals surface area contributed by atoms with E-state index < -0.39 is 0 Å². The molecule has 0 aliphatic rings. The van der Waals surface area contributed by atoms with Crippen molar-refractivity contribution in [2.45, 2.75) is 19.8 Å². The zero-order chi connectivity index (χ0) is 9.23. The van der Waals surface area contributed by atoms with Gasteiger partial charge in [0, 0.05) is 20.0 Å². The number of rotatable bonds is 7. The van der Waals surface area contributed by atoms with Crippen molar-refractivity contribution < 1.29 is 4.79 Å². The van der Waals surface area contributed by atoms with E-state index in [1.165, 1.54) is 6.92 Å². The molecule has 0 saturated heterocycles. The molecule has 0 aliphatic carbocycles. The number of nitrogens with one attached hydrogen (secondary N) is 2. The van der Waals surface area contributed by atoms with Crippen LogP contribution in [0.2, 0.25) is 0 Å². The topological polar surface area (TPSA) is 41.1 Å². The zero-order valence-corrected chi connectivity index (χ0v) is 7.73. The van der Waals surface area contributed by atoms with Crippen LogP contribution in [0.15, 0.2) is 12.7 Å². The lowest BCUT2D eigenvalue weighted by molar-refractivity contribution is -0.118. The predicted molar refractivity (Wildman–Crippen MR) is 51.0 cm³/mol. The molecule has 70 valence electrons. The molecule has 0 aromatic heterocycles. The van der Waals surface area contributed by atoms with Gasteiger partial charge in [0.2, 0.25) is 5.91 Å². The largest absolute Gasteiger partial charge is 0.355 e. The normalized spacial score (nSPS) is 9.42. The first-order valence-electron chi connectivity index (χ1n) is 4.33. The quantitative estimate of drug-likeness (QED) is 0.436. The molecule has 3 heteroatoms. The highest BCUT2D eigenvalue weighted by molar-refractivity contribution is 5.72. The molecule has 0 heterocycles. The summed E-state index contributed by atoms with van der Waals surface area (Å²) >= 11 is 0. The fraction of sp³-hybridized carbons (Fsp3) is 0.667. The van der Waals surface area contributed by atoms with Crippen LogP contribution in [0.4, 0.5) is 0 Å². The van der Waals surface area contributed by atoms with E-state index in [4.69, 9.17) is 0 Å². The lowest BCUT2D eigenvalue weighted by Gasteiger charge is -2.03. The van der Waals surface area contributed by atoms with Gasteiger partial charge >= 0.3 is 0 Å². The van der Waals surface area contributed by atoms with Crippen LogP contribution in [-0.4, -0.2) is 25.5 Å². The summed E-state index contributed by atoms with van der Waals surface area (Å²) in [6, 6.07) is 0. The van der Waals surface area contributed by atoms with E-state index in [-0.39, 0.29) is 5.91 Å². The second-order valence-electron chi connectivity index (χ2n) is 2.66. The van der Waals surface area contributed by atoms with Crippen molar-refractivity contribution in [3.05, 3.63) is 12.7 Å². The summed E-state index contributed by atoms with van der Waals surface area (Å²) in [5, 5.41) is 5.93. The number of amides is 1. The molecular formula is C9H18N2O. The van der Waals surface area contributed by atoms with Crippen molar-refractivity contribution in [3.63, 3.8) is 0 Å². The third kappa shape index (κ3) is 9.17. The minimum atomic E-state index is 0.0305. The third-order valence-corrected chi connectivity index (χ3v) is 1.44. The first kappa shape index (κ1) is 11.2. The second-order valence-corrected chi connectivity index (χ2v) is 2.66. The summed E-state index contributed by atoms with van der Waals surface area (Å²) in [5.41, 5.74) is 0. The van der Waals surface area contributed by atoms with Crippen LogP contribution in [-0.2, 0) is 4.79 Å². The fourth-order valence-electron chi connectivity index (χ4n) is 0.823. The monoisotopic (exact) mass is 170 g/mol. The molecule has 0 radical (unpaired) electrons. The number of hydrogen-bond donors (Lipinski definition) is 2. The summed E-state index contributed by atoms with van der Waals surface area (Å²) in [4.78, 5) is 10.4. The Morgan fingerprint density at radius 2 is 2.17 bits per heavy atom. The molecule has 0 unspecified atom stereocenters. The van der Waals surface area contributed by atoms with Crippen molar-refractivity contribution in [1.82, 2.24) is 10.6 Å². The maximum Gasteiger partial charge on any atom is 0.216 e. The van der Waals surface area contributed by atoms with Crippen LogP contribution in [0.3, 0.4) is 0 Å². The Bertz CT molecular complexity index is 134. The Kier molecular flexibility index (Phi) is 7.70. The minimum absolute atomic E-state index is 0.0305. The highest BCUT2D eigenvalue weighted by atomic mass is 16.1. The zero-order valence-electron chi connectivity index (χ0n) is 7.73. The van der Waals surface area contributed by atoms with Crippen molar-refractivity contribution in [1.29, 1.82) is 0 Å².